The van der Waals surface area contributed by atoms with E-state index in [9.17, 15) is 9.90 Å². The third-order valence-corrected chi connectivity index (χ3v) is 2.77. The zero-order chi connectivity index (χ0) is 13.6. The first-order valence-corrected chi connectivity index (χ1v) is 6.61. The summed E-state index contributed by atoms with van der Waals surface area (Å²) >= 11 is 0. The topological polar surface area (TPSA) is 49.3 Å². The fraction of sp³-hybridized carbons (Fsp3) is 0.929. The van der Waals surface area contributed by atoms with E-state index in [1.807, 2.05) is 13.8 Å². The maximum Gasteiger partial charge on any atom is 0.225 e. The zero-order valence-electron chi connectivity index (χ0n) is 12.2. The third kappa shape index (κ3) is 7.37. The minimum atomic E-state index is -0.436. The van der Waals surface area contributed by atoms with Crippen LogP contribution in [0.2, 0.25) is 0 Å². The molecule has 0 aromatic rings. The van der Waals surface area contributed by atoms with Gasteiger partial charge in [0.2, 0.25) is 5.91 Å². The third-order valence-electron chi connectivity index (χ3n) is 2.77. The van der Waals surface area contributed by atoms with Crippen LogP contribution in [0.3, 0.4) is 0 Å². The highest BCUT2D eigenvalue weighted by atomic mass is 16.3. The van der Waals surface area contributed by atoms with Crippen molar-refractivity contribution in [3.05, 3.63) is 0 Å². The van der Waals surface area contributed by atoms with Crippen LogP contribution in [0.25, 0.3) is 0 Å². The second kappa shape index (κ2) is 7.00. The molecule has 0 bridgehead atoms. The van der Waals surface area contributed by atoms with E-state index in [0.29, 0.717) is 18.4 Å². The van der Waals surface area contributed by atoms with Gasteiger partial charge in [0.15, 0.2) is 0 Å². The Kier molecular flexibility index (Phi) is 6.76. The summed E-state index contributed by atoms with van der Waals surface area (Å²) in [7, 11) is 0. The monoisotopic (exact) mass is 243 g/mol. The molecule has 2 N–H and O–H groups in total. The van der Waals surface area contributed by atoms with Gasteiger partial charge >= 0.3 is 0 Å². The summed E-state index contributed by atoms with van der Waals surface area (Å²) in [5.41, 5.74) is -0.355. The lowest BCUT2D eigenvalue weighted by molar-refractivity contribution is -0.130. The van der Waals surface area contributed by atoms with E-state index in [0.717, 1.165) is 12.8 Å². The van der Waals surface area contributed by atoms with Gasteiger partial charge in [0.05, 0.1) is 6.10 Å². The van der Waals surface area contributed by atoms with E-state index >= 15 is 0 Å². The van der Waals surface area contributed by atoms with Crippen molar-refractivity contribution >= 4 is 5.91 Å². The number of rotatable bonds is 7. The molecule has 0 aliphatic rings. The van der Waals surface area contributed by atoms with Crippen molar-refractivity contribution in [2.45, 2.75) is 60.5 Å². The number of aliphatic hydroxyl groups is 1. The first-order chi connectivity index (χ1) is 7.65. The maximum absolute atomic E-state index is 12.0. The van der Waals surface area contributed by atoms with Crippen LogP contribution < -0.4 is 5.32 Å². The molecule has 0 aliphatic carbocycles. The smallest absolute Gasteiger partial charge is 0.225 e. The van der Waals surface area contributed by atoms with Gasteiger partial charge in [-0.15, -0.1) is 0 Å². The minimum Gasteiger partial charge on any atom is -0.391 e. The Labute approximate surface area is 106 Å². The summed E-state index contributed by atoms with van der Waals surface area (Å²) in [6.07, 6.45) is 1.15. The highest BCUT2D eigenvalue weighted by molar-refractivity contribution is 5.81. The van der Waals surface area contributed by atoms with Gasteiger partial charge in [-0.2, -0.15) is 0 Å². The van der Waals surface area contributed by atoms with Crippen molar-refractivity contribution in [2.24, 2.45) is 17.3 Å². The standard InChI is InChI=1S/C14H29NO2/c1-10(2)7-12(16)9-15-13(17)14(5,6)8-11(3)4/h10-12,16H,7-9H2,1-6H3,(H,15,17). The molecule has 17 heavy (non-hydrogen) atoms. The second-order valence-corrected chi connectivity index (χ2v) is 6.48. The van der Waals surface area contributed by atoms with Gasteiger partial charge in [0, 0.05) is 12.0 Å². The van der Waals surface area contributed by atoms with Crippen molar-refractivity contribution in [3.63, 3.8) is 0 Å². The molecule has 3 nitrogen and oxygen atoms in total. The van der Waals surface area contributed by atoms with E-state index in [2.05, 4.69) is 33.0 Å². The van der Waals surface area contributed by atoms with E-state index in [1.165, 1.54) is 0 Å². The molecule has 0 rings (SSSR count). The molecular weight excluding hydrogens is 214 g/mol. The molecule has 0 radical (unpaired) electrons. The lowest BCUT2D eigenvalue weighted by Crippen LogP contribution is -2.41. The Hall–Kier alpha value is -0.570. The minimum absolute atomic E-state index is 0.0361. The number of nitrogens with one attached hydrogen (secondary N) is 1. The molecule has 1 unspecified atom stereocenters. The summed E-state index contributed by atoms with van der Waals surface area (Å²) in [6, 6.07) is 0. The van der Waals surface area contributed by atoms with Crippen molar-refractivity contribution in [1.29, 1.82) is 0 Å². The molecule has 0 aromatic heterocycles. The van der Waals surface area contributed by atoms with Crippen LogP contribution in [-0.4, -0.2) is 23.7 Å². The molecule has 0 saturated heterocycles. The fourth-order valence-corrected chi connectivity index (χ4v) is 2.19. The molecule has 1 atom stereocenters. The quantitative estimate of drug-likeness (QED) is 0.722. The Bertz CT molecular complexity index is 234. The number of amides is 1. The van der Waals surface area contributed by atoms with E-state index in [-0.39, 0.29) is 11.3 Å². The average Bonchev–Trinajstić information content (AvgIpc) is 2.10. The van der Waals surface area contributed by atoms with Crippen LogP contribution in [0.1, 0.15) is 54.4 Å². The number of hydrogen-bond acceptors (Lipinski definition) is 2. The predicted molar refractivity (Wildman–Crippen MR) is 71.7 cm³/mol. The Morgan fingerprint density at radius 3 is 2.12 bits per heavy atom. The summed E-state index contributed by atoms with van der Waals surface area (Å²) in [5, 5.41) is 12.5. The van der Waals surface area contributed by atoms with Crippen molar-refractivity contribution < 1.29 is 9.90 Å². The van der Waals surface area contributed by atoms with Crippen molar-refractivity contribution in [1.82, 2.24) is 5.32 Å². The Morgan fingerprint density at radius 2 is 1.71 bits per heavy atom. The van der Waals surface area contributed by atoms with Crippen molar-refractivity contribution in [2.75, 3.05) is 6.54 Å². The number of hydrogen-bond donors (Lipinski definition) is 2. The van der Waals surface area contributed by atoms with Crippen LogP contribution in [-0.2, 0) is 4.79 Å². The fourth-order valence-electron chi connectivity index (χ4n) is 2.19. The van der Waals surface area contributed by atoms with E-state index < -0.39 is 6.10 Å². The summed E-state index contributed by atoms with van der Waals surface area (Å²) in [6.45, 7) is 12.6. The van der Waals surface area contributed by atoms with Gasteiger partial charge in [-0.1, -0.05) is 41.5 Å². The van der Waals surface area contributed by atoms with Gasteiger partial charge in [0.25, 0.3) is 0 Å². The van der Waals surface area contributed by atoms with Crippen LogP contribution in [0.4, 0.5) is 0 Å². The molecular formula is C14H29NO2. The molecule has 0 aliphatic heterocycles. The summed E-state index contributed by atoms with van der Waals surface area (Å²) < 4.78 is 0. The average molecular weight is 243 g/mol. The molecule has 0 saturated carbocycles. The lowest BCUT2D eigenvalue weighted by Gasteiger charge is -2.26. The Balaban J connectivity index is 4.08. The highest BCUT2D eigenvalue weighted by Crippen LogP contribution is 2.25. The molecule has 1 amide bonds. The zero-order valence-corrected chi connectivity index (χ0v) is 12.2. The van der Waals surface area contributed by atoms with Gasteiger partial charge in [-0.05, 0) is 24.7 Å². The van der Waals surface area contributed by atoms with Gasteiger partial charge in [0.1, 0.15) is 0 Å². The summed E-state index contributed by atoms with van der Waals surface area (Å²) in [4.78, 5) is 12.0. The van der Waals surface area contributed by atoms with Crippen LogP contribution in [0, 0.1) is 17.3 Å². The first-order valence-electron chi connectivity index (χ1n) is 6.61. The van der Waals surface area contributed by atoms with Crippen molar-refractivity contribution in [3.8, 4) is 0 Å². The van der Waals surface area contributed by atoms with E-state index in [4.69, 9.17) is 0 Å². The second-order valence-electron chi connectivity index (χ2n) is 6.48. The SMILES string of the molecule is CC(C)CC(O)CNC(=O)C(C)(C)CC(C)C. The van der Waals surface area contributed by atoms with Crippen LogP contribution in [0.15, 0.2) is 0 Å². The van der Waals surface area contributed by atoms with Crippen LogP contribution in [0.5, 0.6) is 0 Å². The predicted octanol–water partition coefficient (Wildman–Crippen LogP) is 2.58. The number of carbonyl (C=O) groups is 1. The number of carbonyl (C=O) groups excluding carboxylic acids is 1. The maximum atomic E-state index is 12.0. The lowest BCUT2D eigenvalue weighted by atomic mass is 9.83. The molecule has 0 heterocycles. The Morgan fingerprint density at radius 1 is 1.18 bits per heavy atom. The molecule has 0 fully saturated rings. The summed E-state index contributed by atoms with van der Waals surface area (Å²) in [5.74, 6) is 0.982. The van der Waals surface area contributed by atoms with Gasteiger partial charge in [-0.3, -0.25) is 4.79 Å². The first kappa shape index (κ1) is 16.4. The highest BCUT2D eigenvalue weighted by Gasteiger charge is 2.28. The van der Waals surface area contributed by atoms with Gasteiger partial charge < -0.3 is 10.4 Å². The number of aliphatic hydroxyl groups excluding tert-OH is 1. The molecule has 102 valence electrons. The van der Waals surface area contributed by atoms with Gasteiger partial charge in [-0.25, -0.2) is 0 Å². The normalized spacial score (nSPS) is 14.2. The molecule has 3 heteroatoms. The van der Waals surface area contributed by atoms with E-state index in [1.54, 1.807) is 0 Å². The molecule has 0 spiro atoms. The molecule has 0 aromatic carbocycles. The largest absolute Gasteiger partial charge is 0.391 e. The van der Waals surface area contributed by atoms with Crippen LogP contribution >= 0.6 is 0 Å².